The van der Waals surface area contributed by atoms with Crippen LogP contribution in [-0.2, 0) is 4.79 Å². The van der Waals surface area contributed by atoms with E-state index in [1.807, 2.05) is 0 Å². The van der Waals surface area contributed by atoms with Gasteiger partial charge in [0.25, 0.3) is 0 Å². The third-order valence-corrected chi connectivity index (χ3v) is 4.52. The van der Waals surface area contributed by atoms with Crippen molar-refractivity contribution >= 4 is 5.91 Å². The number of unbranched alkanes of at least 4 members (excludes halogenated alkanes) is 10. The van der Waals surface area contributed by atoms with Crippen LogP contribution in [0.3, 0.4) is 0 Å². The van der Waals surface area contributed by atoms with Crippen LogP contribution < -0.4 is 5.32 Å². The largest absolute Gasteiger partial charge is 0.395 e. The first-order chi connectivity index (χ1) is 11.7. The fraction of sp³-hybridized carbons (Fsp3) is 0.950. The molecule has 1 atom stereocenters. The molecule has 0 aromatic heterocycles. The number of carbonyl (C=O) groups is 1. The first-order valence-electron chi connectivity index (χ1n) is 10.3. The van der Waals surface area contributed by atoms with Crippen LogP contribution >= 0.6 is 0 Å². The maximum Gasteiger partial charge on any atom is 0.220 e. The number of amides is 1. The number of hydrogen-bond donors (Lipinski definition) is 3. The molecule has 0 aromatic rings. The van der Waals surface area contributed by atoms with Gasteiger partial charge in [0.2, 0.25) is 5.91 Å². The first kappa shape index (κ1) is 23.4. The highest BCUT2D eigenvalue weighted by Crippen LogP contribution is 2.14. The molecule has 0 saturated carbocycles. The van der Waals surface area contributed by atoms with Gasteiger partial charge in [-0.2, -0.15) is 0 Å². The van der Waals surface area contributed by atoms with Gasteiger partial charge >= 0.3 is 0 Å². The summed E-state index contributed by atoms with van der Waals surface area (Å²) in [6, 6.07) is 0. The molecule has 0 aliphatic heterocycles. The van der Waals surface area contributed by atoms with Gasteiger partial charge in [-0.15, -0.1) is 0 Å². The smallest absolute Gasteiger partial charge is 0.220 e. The molecule has 0 aromatic carbocycles. The summed E-state index contributed by atoms with van der Waals surface area (Å²) >= 11 is 0. The normalized spacial score (nSPS) is 12.3. The zero-order valence-electron chi connectivity index (χ0n) is 15.9. The minimum absolute atomic E-state index is 0.00318. The molecule has 0 fully saturated rings. The van der Waals surface area contributed by atoms with Gasteiger partial charge in [0.1, 0.15) is 0 Å². The van der Waals surface area contributed by atoms with Crippen LogP contribution in [0, 0.1) is 0 Å². The molecule has 0 saturated heterocycles. The van der Waals surface area contributed by atoms with Crippen molar-refractivity contribution in [2.75, 3.05) is 13.2 Å². The van der Waals surface area contributed by atoms with E-state index in [0.29, 0.717) is 13.0 Å². The van der Waals surface area contributed by atoms with E-state index in [2.05, 4.69) is 12.2 Å². The van der Waals surface area contributed by atoms with Crippen molar-refractivity contribution < 1.29 is 15.0 Å². The zero-order chi connectivity index (χ0) is 17.9. The van der Waals surface area contributed by atoms with E-state index >= 15 is 0 Å². The Morgan fingerprint density at radius 1 is 0.833 bits per heavy atom. The van der Waals surface area contributed by atoms with Crippen molar-refractivity contribution in [3.05, 3.63) is 0 Å². The summed E-state index contributed by atoms with van der Waals surface area (Å²) in [5.41, 5.74) is 0. The van der Waals surface area contributed by atoms with Crippen molar-refractivity contribution in [1.82, 2.24) is 5.32 Å². The van der Waals surface area contributed by atoms with Crippen LogP contribution in [0.25, 0.3) is 0 Å². The summed E-state index contributed by atoms with van der Waals surface area (Å²) in [6.45, 7) is 2.59. The maximum atomic E-state index is 11.3. The van der Waals surface area contributed by atoms with Gasteiger partial charge in [-0.05, 0) is 19.3 Å². The average molecular weight is 344 g/mol. The summed E-state index contributed by atoms with van der Waals surface area (Å²) < 4.78 is 0. The number of nitrogens with one attached hydrogen (secondary N) is 1. The highest BCUT2D eigenvalue weighted by Gasteiger charge is 2.05. The molecule has 1 amide bonds. The molecule has 144 valence electrons. The predicted octanol–water partition coefficient (Wildman–Crippen LogP) is 4.33. The van der Waals surface area contributed by atoms with Crippen LogP contribution in [0.15, 0.2) is 0 Å². The number of aliphatic hydroxyl groups is 2. The van der Waals surface area contributed by atoms with Crippen LogP contribution in [0.1, 0.15) is 103 Å². The monoisotopic (exact) mass is 343 g/mol. The highest BCUT2D eigenvalue weighted by molar-refractivity contribution is 5.75. The second-order valence-electron chi connectivity index (χ2n) is 6.94. The summed E-state index contributed by atoms with van der Waals surface area (Å²) in [5, 5.41) is 21.2. The summed E-state index contributed by atoms with van der Waals surface area (Å²) in [7, 11) is 0. The van der Waals surface area contributed by atoms with Crippen LogP contribution in [-0.4, -0.2) is 35.4 Å². The Morgan fingerprint density at radius 3 is 1.88 bits per heavy atom. The summed E-state index contributed by atoms with van der Waals surface area (Å²) in [5.74, 6) is 0.0132. The molecule has 4 nitrogen and oxygen atoms in total. The number of rotatable bonds is 18. The first-order valence-corrected chi connectivity index (χ1v) is 10.3. The maximum absolute atomic E-state index is 11.3. The lowest BCUT2D eigenvalue weighted by molar-refractivity contribution is -0.121. The predicted molar refractivity (Wildman–Crippen MR) is 101 cm³/mol. The molecule has 0 heterocycles. The van der Waals surface area contributed by atoms with Crippen LogP contribution in [0.2, 0.25) is 0 Å². The average Bonchev–Trinajstić information content (AvgIpc) is 2.58. The lowest BCUT2D eigenvalue weighted by Gasteiger charge is -2.10. The minimum atomic E-state index is -0.169. The number of carbonyl (C=O) groups excluding carboxylic acids is 1. The molecule has 3 N–H and O–H groups in total. The molecular weight excluding hydrogens is 302 g/mol. The van der Waals surface area contributed by atoms with E-state index in [0.717, 1.165) is 38.5 Å². The third kappa shape index (κ3) is 17.7. The second-order valence-corrected chi connectivity index (χ2v) is 6.94. The SMILES string of the molecule is CCCCCCCCCCCC(O)CCCCCC(=O)NCCO. The van der Waals surface area contributed by atoms with E-state index in [1.165, 1.54) is 51.4 Å². The van der Waals surface area contributed by atoms with Gasteiger partial charge in [-0.25, -0.2) is 0 Å². The van der Waals surface area contributed by atoms with Gasteiger partial charge in [0.05, 0.1) is 12.7 Å². The molecule has 0 aliphatic carbocycles. The lowest BCUT2D eigenvalue weighted by atomic mass is 10.0. The van der Waals surface area contributed by atoms with Crippen LogP contribution in [0.4, 0.5) is 0 Å². The quantitative estimate of drug-likeness (QED) is 0.324. The summed E-state index contributed by atoms with van der Waals surface area (Å²) in [4.78, 5) is 11.3. The van der Waals surface area contributed by atoms with E-state index in [-0.39, 0.29) is 18.6 Å². The molecule has 0 rings (SSSR count). The molecule has 0 bridgehead atoms. The Kier molecular flexibility index (Phi) is 18.2. The van der Waals surface area contributed by atoms with Crippen LogP contribution in [0.5, 0.6) is 0 Å². The van der Waals surface area contributed by atoms with Gasteiger partial charge in [0, 0.05) is 13.0 Å². The Hall–Kier alpha value is -0.610. The Morgan fingerprint density at radius 2 is 1.33 bits per heavy atom. The van der Waals surface area contributed by atoms with Crippen molar-refractivity contribution in [1.29, 1.82) is 0 Å². The van der Waals surface area contributed by atoms with Gasteiger partial charge in [-0.3, -0.25) is 4.79 Å². The zero-order valence-corrected chi connectivity index (χ0v) is 15.9. The topological polar surface area (TPSA) is 69.6 Å². The third-order valence-electron chi connectivity index (χ3n) is 4.52. The molecule has 24 heavy (non-hydrogen) atoms. The molecule has 0 spiro atoms. The Labute approximate surface area is 149 Å². The van der Waals surface area contributed by atoms with Gasteiger partial charge in [0.15, 0.2) is 0 Å². The molecule has 1 unspecified atom stereocenters. The number of aliphatic hydroxyl groups excluding tert-OH is 2. The second kappa shape index (κ2) is 18.7. The fourth-order valence-electron chi connectivity index (χ4n) is 2.96. The van der Waals surface area contributed by atoms with E-state index in [1.54, 1.807) is 0 Å². The number of hydrogen-bond acceptors (Lipinski definition) is 3. The molecular formula is C20H41NO3. The van der Waals surface area contributed by atoms with Crippen molar-refractivity contribution in [2.45, 2.75) is 109 Å². The Balaban J connectivity index is 3.24. The summed E-state index contributed by atoms with van der Waals surface area (Å²) in [6.07, 6.45) is 16.8. The molecule has 0 radical (unpaired) electrons. The van der Waals surface area contributed by atoms with Crippen molar-refractivity contribution in [2.24, 2.45) is 0 Å². The van der Waals surface area contributed by atoms with Gasteiger partial charge in [-0.1, -0.05) is 77.6 Å². The molecule has 0 aliphatic rings. The van der Waals surface area contributed by atoms with Crippen molar-refractivity contribution in [3.8, 4) is 0 Å². The minimum Gasteiger partial charge on any atom is -0.395 e. The fourth-order valence-corrected chi connectivity index (χ4v) is 2.96. The van der Waals surface area contributed by atoms with Crippen molar-refractivity contribution in [3.63, 3.8) is 0 Å². The lowest BCUT2D eigenvalue weighted by Crippen LogP contribution is -2.25. The Bertz CT molecular complexity index is 272. The van der Waals surface area contributed by atoms with Gasteiger partial charge < -0.3 is 15.5 Å². The van der Waals surface area contributed by atoms with E-state index < -0.39 is 0 Å². The van der Waals surface area contributed by atoms with E-state index in [4.69, 9.17) is 5.11 Å². The standard InChI is InChI=1S/C20H41NO3/c1-2-3-4-5-6-7-8-9-11-14-19(23)15-12-10-13-16-20(24)21-17-18-22/h19,22-23H,2-18H2,1H3,(H,21,24). The molecule has 4 heteroatoms. The van der Waals surface area contributed by atoms with E-state index in [9.17, 15) is 9.90 Å². The highest BCUT2D eigenvalue weighted by atomic mass is 16.3.